The first-order valence-electron chi connectivity index (χ1n) is 5.46. The number of carbonyl (C=O) groups is 1. The van der Waals surface area contributed by atoms with Gasteiger partial charge in [0.1, 0.15) is 24.0 Å². The van der Waals surface area contributed by atoms with Gasteiger partial charge in [0.25, 0.3) is 0 Å². The second kappa shape index (κ2) is 5.48. The molecule has 2 aromatic rings. The summed E-state index contributed by atoms with van der Waals surface area (Å²) in [7, 11) is 0. The number of aromatic carboxylic acids is 1. The highest BCUT2D eigenvalue weighted by atomic mass is 19.1. The second-order valence-electron chi connectivity index (χ2n) is 3.86. The molecule has 0 bridgehead atoms. The number of hydrogen-bond acceptors (Lipinski definition) is 2. The Morgan fingerprint density at radius 3 is 2.63 bits per heavy atom. The van der Waals surface area contributed by atoms with E-state index in [1.165, 1.54) is 36.4 Å². The van der Waals surface area contributed by atoms with Gasteiger partial charge in [-0.05, 0) is 30.3 Å². The Labute approximate surface area is 108 Å². The van der Waals surface area contributed by atoms with Gasteiger partial charge in [0, 0.05) is 11.6 Å². The summed E-state index contributed by atoms with van der Waals surface area (Å²) in [6.45, 7) is -0.170. The zero-order chi connectivity index (χ0) is 13.8. The summed E-state index contributed by atoms with van der Waals surface area (Å²) in [6.07, 6.45) is 0. The van der Waals surface area contributed by atoms with E-state index in [-0.39, 0.29) is 23.5 Å². The molecule has 1 N–H and O–H groups in total. The molecule has 0 amide bonds. The van der Waals surface area contributed by atoms with E-state index < -0.39 is 17.6 Å². The molecule has 0 aliphatic carbocycles. The van der Waals surface area contributed by atoms with Gasteiger partial charge in [-0.15, -0.1) is 0 Å². The van der Waals surface area contributed by atoms with Gasteiger partial charge >= 0.3 is 5.97 Å². The van der Waals surface area contributed by atoms with Gasteiger partial charge in [0.05, 0.1) is 5.56 Å². The Balaban J connectivity index is 2.15. The Bertz CT molecular complexity index is 611. The standard InChI is InChI=1S/C14H10F2O3/c15-11-2-1-3-12(7-11)19-8-10-6-9(14(17)18)4-5-13(10)16/h1-7H,8H2,(H,17,18). The quantitative estimate of drug-likeness (QED) is 0.922. The van der Waals surface area contributed by atoms with Crippen LogP contribution in [0.25, 0.3) is 0 Å². The van der Waals surface area contributed by atoms with Crippen molar-refractivity contribution < 1.29 is 23.4 Å². The molecule has 0 saturated carbocycles. The second-order valence-corrected chi connectivity index (χ2v) is 3.86. The van der Waals surface area contributed by atoms with E-state index in [2.05, 4.69) is 0 Å². The SMILES string of the molecule is O=C(O)c1ccc(F)c(COc2cccc(F)c2)c1. The van der Waals surface area contributed by atoms with Gasteiger partial charge in [0.2, 0.25) is 0 Å². The van der Waals surface area contributed by atoms with Crippen LogP contribution >= 0.6 is 0 Å². The van der Waals surface area contributed by atoms with E-state index in [0.29, 0.717) is 0 Å². The lowest BCUT2D eigenvalue weighted by Crippen LogP contribution is -2.03. The Morgan fingerprint density at radius 2 is 1.95 bits per heavy atom. The third kappa shape index (κ3) is 3.28. The van der Waals surface area contributed by atoms with Crippen molar-refractivity contribution in [2.45, 2.75) is 6.61 Å². The van der Waals surface area contributed by atoms with Crippen molar-refractivity contribution in [1.29, 1.82) is 0 Å². The summed E-state index contributed by atoms with van der Waals surface area (Å²) < 4.78 is 31.6. The summed E-state index contributed by atoms with van der Waals surface area (Å²) in [5.41, 5.74) is 0.0726. The van der Waals surface area contributed by atoms with Crippen LogP contribution in [0.4, 0.5) is 8.78 Å². The molecule has 0 heterocycles. The average molecular weight is 264 g/mol. The molecule has 0 saturated heterocycles. The summed E-state index contributed by atoms with van der Waals surface area (Å²) in [4.78, 5) is 10.8. The fraction of sp³-hybridized carbons (Fsp3) is 0.0714. The normalized spacial score (nSPS) is 10.2. The van der Waals surface area contributed by atoms with Crippen molar-refractivity contribution in [2.24, 2.45) is 0 Å². The van der Waals surface area contributed by atoms with Crippen LogP contribution in [-0.2, 0) is 6.61 Å². The minimum absolute atomic E-state index is 0.0285. The fourth-order valence-corrected chi connectivity index (χ4v) is 1.54. The lowest BCUT2D eigenvalue weighted by atomic mass is 10.1. The van der Waals surface area contributed by atoms with Gasteiger partial charge < -0.3 is 9.84 Å². The Kier molecular flexibility index (Phi) is 3.75. The van der Waals surface area contributed by atoms with Crippen LogP contribution in [0.3, 0.4) is 0 Å². The van der Waals surface area contributed by atoms with Crippen LogP contribution in [-0.4, -0.2) is 11.1 Å². The monoisotopic (exact) mass is 264 g/mol. The molecule has 0 aromatic heterocycles. The van der Waals surface area contributed by atoms with Crippen LogP contribution in [0.15, 0.2) is 42.5 Å². The number of carboxylic acid groups (broad SMARTS) is 1. The number of hydrogen-bond donors (Lipinski definition) is 1. The molecule has 0 radical (unpaired) electrons. The molecule has 0 unspecified atom stereocenters. The zero-order valence-electron chi connectivity index (χ0n) is 9.77. The van der Waals surface area contributed by atoms with E-state index in [0.717, 1.165) is 6.07 Å². The fourth-order valence-electron chi connectivity index (χ4n) is 1.54. The highest BCUT2D eigenvalue weighted by Crippen LogP contribution is 2.16. The van der Waals surface area contributed by atoms with Crippen molar-refractivity contribution in [3.8, 4) is 5.75 Å². The van der Waals surface area contributed by atoms with E-state index >= 15 is 0 Å². The topological polar surface area (TPSA) is 46.5 Å². The molecule has 0 spiro atoms. The number of halogens is 2. The van der Waals surface area contributed by atoms with Crippen LogP contribution in [0.2, 0.25) is 0 Å². The van der Waals surface area contributed by atoms with E-state index in [4.69, 9.17) is 9.84 Å². The first-order valence-corrected chi connectivity index (χ1v) is 5.46. The largest absolute Gasteiger partial charge is 0.489 e. The van der Waals surface area contributed by atoms with Crippen molar-refractivity contribution >= 4 is 5.97 Å². The smallest absolute Gasteiger partial charge is 0.335 e. The first-order chi connectivity index (χ1) is 9.06. The van der Waals surface area contributed by atoms with E-state index in [9.17, 15) is 13.6 Å². The molecule has 3 nitrogen and oxygen atoms in total. The summed E-state index contributed by atoms with van der Waals surface area (Å²) in [6, 6.07) is 8.85. The third-order valence-corrected chi connectivity index (χ3v) is 2.48. The maximum absolute atomic E-state index is 13.5. The van der Waals surface area contributed by atoms with Crippen molar-refractivity contribution in [2.75, 3.05) is 0 Å². The van der Waals surface area contributed by atoms with Gasteiger partial charge in [-0.1, -0.05) is 6.07 Å². The molecule has 2 rings (SSSR count). The van der Waals surface area contributed by atoms with Crippen LogP contribution in [0.1, 0.15) is 15.9 Å². The summed E-state index contributed by atoms with van der Waals surface area (Å²) >= 11 is 0. The van der Waals surface area contributed by atoms with Crippen LogP contribution in [0.5, 0.6) is 5.75 Å². The minimum atomic E-state index is -1.15. The predicted molar refractivity (Wildman–Crippen MR) is 64.1 cm³/mol. The third-order valence-electron chi connectivity index (χ3n) is 2.48. The maximum atomic E-state index is 13.5. The number of benzene rings is 2. The highest BCUT2D eigenvalue weighted by molar-refractivity contribution is 5.87. The minimum Gasteiger partial charge on any atom is -0.489 e. The molecular formula is C14H10F2O3. The lowest BCUT2D eigenvalue weighted by Gasteiger charge is -2.08. The van der Waals surface area contributed by atoms with Gasteiger partial charge in [-0.2, -0.15) is 0 Å². The van der Waals surface area contributed by atoms with Crippen molar-refractivity contribution in [3.05, 3.63) is 65.2 Å². The summed E-state index contributed by atoms with van der Waals surface area (Å²) in [5, 5.41) is 8.81. The molecule has 0 aliphatic heterocycles. The molecule has 0 atom stereocenters. The van der Waals surface area contributed by atoms with Gasteiger partial charge in [0.15, 0.2) is 0 Å². The van der Waals surface area contributed by atoms with Gasteiger partial charge in [-0.3, -0.25) is 0 Å². The first kappa shape index (κ1) is 13.0. The van der Waals surface area contributed by atoms with E-state index in [1.807, 2.05) is 0 Å². The number of ether oxygens (including phenoxy) is 1. The van der Waals surface area contributed by atoms with Crippen LogP contribution < -0.4 is 4.74 Å². The van der Waals surface area contributed by atoms with Crippen molar-refractivity contribution in [1.82, 2.24) is 0 Å². The lowest BCUT2D eigenvalue weighted by molar-refractivity contribution is 0.0696. The number of carboxylic acids is 1. The Hall–Kier alpha value is -2.43. The highest BCUT2D eigenvalue weighted by Gasteiger charge is 2.09. The maximum Gasteiger partial charge on any atom is 0.335 e. The van der Waals surface area contributed by atoms with E-state index in [1.54, 1.807) is 0 Å². The van der Waals surface area contributed by atoms with Crippen molar-refractivity contribution in [3.63, 3.8) is 0 Å². The Morgan fingerprint density at radius 1 is 1.16 bits per heavy atom. The average Bonchev–Trinajstić information content (AvgIpc) is 2.37. The molecular weight excluding hydrogens is 254 g/mol. The zero-order valence-corrected chi connectivity index (χ0v) is 9.77. The molecule has 0 aliphatic rings. The molecule has 19 heavy (non-hydrogen) atoms. The summed E-state index contributed by atoms with van der Waals surface area (Å²) in [5.74, 6) is -1.93. The van der Waals surface area contributed by atoms with Gasteiger partial charge in [-0.25, -0.2) is 13.6 Å². The molecule has 0 fully saturated rings. The molecule has 98 valence electrons. The number of rotatable bonds is 4. The predicted octanol–water partition coefficient (Wildman–Crippen LogP) is 3.24. The molecule has 2 aromatic carbocycles. The molecule has 5 heteroatoms. The van der Waals surface area contributed by atoms with Crippen LogP contribution in [0, 0.1) is 11.6 Å².